The van der Waals surface area contributed by atoms with Crippen molar-refractivity contribution in [3.8, 4) is 0 Å². The van der Waals surface area contributed by atoms with Crippen molar-refractivity contribution in [1.29, 1.82) is 0 Å². The Kier molecular flexibility index (Phi) is 2.98. The second kappa shape index (κ2) is 3.83. The van der Waals surface area contributed by atoms with E-state index in [-0.39, 0.29) is 13.0 Å². The molecule has 0 aliphatic rings. The molecule has 1 unspecified atom stereocenters. The van der Waals surface area contributed by atoms with E-state index in [0.717, 1.165) is 0 Å². The molecule has 0 amide bonds. The van der Waals surface area contributed by atoms with E-state index in [1.54, 1.807) is 24.9 Å². The molecule has 5 heteroatoms. The zero-order valence-electron chi connectivity index (χ0n) is 8.00. The van der Waals surface area contributed by atoms with Gasteiger partial charge in [-0.1, -0.05) is 12.1 Å². The molecule has 0 saturated carbocycles. The van der Waals surface area contributed by atoms with E-state index < -0.39 is 5.67 Å². The number of aromatic nitrogens is 3. The van der Waals surface area contributed by atoms with Crippen molar-refractivity contribution < 1.29 is 4.39 Å². The standard InChI is InChI=1S/C8H15FN4/c1-3-8(9,6-10)4-7-5-13(2)12-11-7/h5H,3-4,6,10H2,1-2H3. The third kappa shape index (κ3) is 2.48. The van der Waals surface area contributed by atoms with Crippen molar-refractivity contribution in [2.75, 3.05) is 6.54 Å². The fourth-order valence-corrected chi connectivity index (χ4v) is 1.14. The van der Waals surface area contributed by atoms with Gasteiger partial charge < -0.3 is 5.73 Å². The van der Waals surface area contributed by atoms with Crippen LogP contribution in [0.5, 0.6) is 0 Å². The number of rotatable bonds is 4. The van der Waals surface area contributed by atoms with E-state index in [2.05, 4.69) is 10.3 Å². The third-order valence-electron chi connectivity index (χ3n) is 2.15. The van der Waals surface area contributed by atoms with Gasteiger partial charge in [-0.15, -0.1) is 5.10 Å². The highest BCUT2D eigenvalue weighted by molar-refractivity contribution is 4.99. The van der Waals surface area contributed by atoms with Crippen molar-refractivity contribution in [3.05, 3.63) is 11.9 Å². The van der Waals surface area contributed by atoms with Gasteiger partial charge in [-0.05, 0) is 6.42 Å². The minimum Gasteiger partial charge on any atom is -0.328 e. The number of nitrogens with zero attached hydrogens (tertiary/aromatic N) is 3. The molecule has 0 fully saturated rings. The molecular formula is C8H15FN4. The lowest BCUT2D eigenvalue weighted by molar-refractivity contribution is 0.166. The van der Waals surface area contributed by atoms with E-state index >= 15 is 0 Å². The Morgan fingerprint density at radius 3 is 2.77 bits per heavy atom. The average molecular weight is 186 g/mol. The first-order valence-corrected chi connectivity index (χ1v) is 4.34. The molecule has 0 spiro atoms. The van der Waals surface area contributed by atoms with Crippen molar-refractivity contribution >= 4 is 0 Å². The first kappa shape index (κ1) is 10.1. The van der Waals surface area contributed by atoms with E-state index in [0.29, 0.717) is 12.1 Å². The molecule has 1 aromatic heterocycles. The van der Waals surface area contributed by atoms with Crippen molar-refractivity contribution in [2.45, 2.75) is 25.4 Å². The fourth-order valence-electron chi connectivity index (χ4n) is 1.14. The maximum Gasteiger partial charge on any atom is 0.128 e. The van der Waals surface area contributed by atoms with Crippen LogP contribution in [0.4, 0.5) is 4.39 Å². The molecule has 0 radical (unpaired) electrons. The average Bonchev–Trinajstić information content (AvgIpc) is 2.51. The van der Waals surface area contributed by atoms with Crippen LogP contribution in [0, 0.1) is 0 Å². The molecule has 0 bridgehead atoms. The predicted octanol–water partition coefficient (Wildman–Crippen LogP) is 0.435. The van der Waals surface area contributed by atoms with Crippen LogP contribution in [0.25, 0.3) is 0 Å². The summed E-state index contributed by atoms with van der Waals surface area (Å²) < 4.78 is 15.3. The summed E-state index contributed by atoms with van der Waals surface area (Å²) in [5, 5.41) is 7.54. The number of nitrogens with two attached hydrogens (primary N) is 1. The van der Waals surface area contributed by atoms with Gasteiger partial charge in [0, 0.05) is 26.2 Å². The smallest absolute Gasteiger partial charge is 0.128 e. The van der Waals surface area contributed by atoms with Gasteiger partial charge >= 0.3 is 0 Å². The Balaban J connectivity index is 2.67. The summed E-state index contributed by atoms with van der Waals surface area (Å²) in [4.78, 5) is 0. The highest BCUT2D eigenvalue weighted by atomic mass is 19.1. The highest BCUT2D eigenvalue weighted by Crippen LogP contribution is 2.19. The van der Waals surface area contributed by atoms with Crippen LogP contribution >= 0.6 is 0 Å². The second-order valence-electron chi connectivity index (χ2n) is 3.27. The third-order valence-corrected chi connectivity index (χ3v) is 2.15. The zero-order valence-corrected chi connectivity index (χ0v) is 8.00. The summed E-state index contributed by atoms with van der Waals surface area (Å²) in [6, 6.07) is 0. The molecule has 74 valence electrons. The van der Waals surface area contributed by atoms with Gasteiger partial charge in [0.25, 0.3) is 0 Å². The normalized spacial score (nSPS) is 15.7. The highest BCUT2D eigenvalue weighted by Gasteiger charge is 2.27. The largest absolute Gasteiger partial charge is 0.328 e. The van der Waals surface area contributed by atoms with Crippen LogP contribution in [0.2, 0.25) is 0 Å². The zero-order chi connectivity index (χ0) is 9.90. The molecule has 1 atom stereocenters. The Morgan fingerprint density at radius 1 is 1.69 bits per heavy atom. The maximum absolute atomic E-state index is 13.7. The SMILES string of the molecule is CCC(F)(CN)Cc1cn(C)nn1. The summed E-state index contributed by atoms with van der Waals surface area (Å²) >= 11 is 0. The van der Waals surface area contributed by atoms with Gasteiger partial charge in [0.15, 0.2) is 0 Å². The molecular weight excluding hydrogens is 171 g/mol. The molecule has 13 heavy (non-hydrogen) atoms. The summed E-state index contributed by atoms with van der Waals surface area (Å²) in [7, 11) is 1.75. The number of hydrogen-bond acceptors (Lipinski definition) is 3. The first-order valence-electron chi connectivity index (χ1n) is 4.34. The summed E-state index contributed by atoms with van der Waals surface area (Å²) in [6.45, 7) is 1.81. The Hall–Kier alpha value is -0.970. The van der Waals surface area contributed by atoms with E-state index in [1.165, 1.54) is 0 Å². The van der Waals surface area contributed by atoms with Gasteiger partial charge in [0.2, 0.25) is 0 Å². The second-order valence-corrected chi connectivity index (χ2v) is 3.27. The number of aryl methyl sites for hydroxylation is 1. The number of alkyl halides is 1. The van der Waals surface area contributed by atoms with Crippen LogP contribution < -0.4 is 5.73 Å². The van der Waals surface area contributed by atoms with Crippen LogP contribution in [-0.4, -0.2) is 27.2 Å². The van der Waals surface area contributed by atoms with Gasteiger partial charge in [0.05, 0.1) is 5.69 Å². The lowest BCUT2D eigenvalue weighted by Crippen LogP contribution is -2.34. The molecule has 0 aliphatic heterocycles. The van der Waals surface area contributed by atoms with Crippen LogP contribution in [0.15, 0.2) is 6.20 Å². The minimum absolute atomic E-state index is 0.0279. The predicted molar refractivity (Wildman–Crippen MR) is 47.9 cm³/mol. The molecule has 4 nitrogen and oxygen atoms in total. The van der Waals surface area contributed by atoms with Crippen LogP contribution in [-0.2, 0) is 13.5 Å². The Labute approximate surface area is 76.9 Å². The number of halogens is 1. The Morgan fingerprint density at radius 2 is 2.38 bits per heavy atom. The van der Waals surface area contributed by atoms with Gasteiger partial charge in [-0.25, -0.2) is 4.39 Å². The molecule has 0 aliphatic carbocycles. The van der Waals surface area contributed by atoms with Crippen LogP contribution in [0.3, 0.4) is 0 Å². The van der Waals surface area contributed by atoms with Gasteiger partial charge in [0.1, 0.15) is 5.67 Å². The molecule has 1 heterocycles. The van der Waals surface area contributed by atoms with Crippen LogP contribution in [0.1, 0.15) is 19.0 Å². The quantitative estimate of drug-likeness (QED) is 0.742. The molecule has 0 aromatic carbocycles. The van der Waals surface area contributed by atoms with Crippen molar-refractivity contribution in [2.24, 2.45) is 12.8 Å². The summed E-state index contributed by atoms with van der Waals surface area (Å²) in [6.07, 6.45) is 2.35. The summed E-state index contributed by atoms with van der Waals surface area (Å²) in [5.41, 5.74) is 4.66. The molecule has 1 rings (SSSR count). The maximum atomic E-state index is 13.7. The summed E-state index contributed by atoms with van der Waals surface area (Å²) in [5.74, 6) is 0. The number of hydrogen-bond donors (Lipinski definition) is 1. The van der Waals surface area contributed by atoms with Crippen molar-refractivity contribution in [3.63, 3.8) is 0 Å². The minimum atomic E-state index is -1.34. The topological polar surface area (TPSA) is 56.7 Å². The fraction of sp³-hybridized carbons (Fsp3) is 0.750. The Bertz CT molecular complexity index is 267. The van der Waals surface area contributed by atoms with Gasteiger partial charge in [-0.3, -0.25) is 4.68 Å². The van der Waals surface area contributed by atoms with Crippen molar-refractivity contribution in [1.82, 2.24) is 15.0 Å². The van der Waals surface area contributed by atoms with E-state index in [1.807, 2.05) is 0 Å². The lowest BCUT2D eigenvalue weighted by Gasteiger charge is -2.19. The van der Waals surface area contributed by atoms with E-state index in [4.69, 9.17) is 5.73 Å². The van der Waals surface area contributed by atoms with E-state index in [9.17, 15) is 4.39 Å². The lowest BCUT2D eigenvalue weighted by atomic mass is 9.97. The molecule has 1 aromatic rings. The molecule has 2 N–H and O–H groups in total. The molecule has 0 saturated heterocycles. The van der Waals surface area contributed by atoms with Gasteiger partial charge in [-0.2, -0.15) is 0 Å². The monoisotopic (exact) mass is 186 g/mol. The first-order chi connectivity index (χ1) is 6.09.